The molecule has 3 rings (SSSR count). The number of hydrogen-bond donors (Lipinski definition) is 2. The summed E-state index contributed by atoms with van der Waals surface area (Å²) in [6, 6.07) is 14.4. The van der Waals surface area contributed by atoms with Gasteiger partial charge in [0.25, 0.3) is 5.91 Å². The lowest BCUT2D eigenvalue weighted by Crippen LogP contribution is -2.92. The Balaban J connectivity index is 1.77. The number of carbonyl (C=O) groups is 1. The van der Waals surface area contributed by atoms with E-state index in [9.17, 15) is 4.79 Å². The molecule has 26 heavy (non-hydrogen) atoms. The Bertz CT molecular complexity index is 871. The van der Waals surface area contributed by atoms with Crippen molar-refractivity contribution in [3.05, 3.63) is 69.7 Å². The predicted molar refractivity (Wildman–Crippen MR) is 105 cm³/mol. The van der Waals surface area contributed by atoms with Crippen LogP contribution in [0.5, 0.6) is 0 Å². The number of aryl methyl sites for hydroxylation is 2. The molecule has 0 saturated carbocycles. The molecule has 3 N–H and O–H groups in total. The van der Waals surface area contributed by atoms with Crippen LogP contribution in [-0.4, -0.2) is 21.7 Å². The molecule has 6 heteroatoms. The summed E-state index contributed by atoms with van der Waals surface area (Å²) < 4.78 is 1.79. The third-order valence-electron chi connectivity index (χ3n) is 4.66. The number of carbonyl (C=O) groups excluding carboxylic acids is 1. The van der Waals surface area contributed by atoms with Crippen molar-refractivity contribution in [3.63, 3.8) is 0 Å². The van der Waals surface area contributed by atoms with E-state index in [4.69, 9.17) is 0 Å². The number of hydrogen-bond acceptors (Lipinski definition) is 3. The van der Waals surface area contributed by atoms with Crippen molar-refractivity contribution in [1.82, 2.24) is 9.78 Å². The number of anilines is 1. The van der Waals surface area contributed by atoms with Gasteiger partial charge >= 0.3 is 0 Å². The minimum atomic E-state index is -0.235. The number of thiophene rings is 1. The number of amides is 1. The molecule has 1 amide bonds. The number of nitrogens with two attached hydrogens (primary N) is 1. The first-order chi connectivity index (χ1) is 12.5. The van der Waals surface area contributed by atoms with Crippen molar-refractivity contribution in [2.45, 2.75) is 32.9 Å². The fraction of sp³-hybridized carbons (Fsp3) is 0.300. The molecule has 0 aliphatic heterocycles. The van der Waals surface area contributed by atoms with Crippen LogP contribution < -0.4 is 10.6 Å². The molecule has 0 saturated heterocycles. The van der Waals surface area contributed by atoms with E-state index in [0.717, 1.165) is 17.1 Å². The van der Waals surface area contributed by atoms with Gasteiger partial charge < -0.3 is 10.6 Å². The van der Waals surface area contributed by atoms with Crippen LogP contribution in [0, 0.1) is 13.8 Å². The Hall–Kier alpha value is -2.44. The second-order valence-corrected chi connectivity index (χ2v) is 7.52. The van der Waals surface area contributed by atoms with E-state index >= 15 is 0 Å². The van der Waals surface area contributed by atoms with Crippen LogP contribution in [0.1, 0.15) is 34.8 Å². The zero-order chi connectivity index (χ0) is 18.7. The molecule has 5 nitrogen and oxygen atoms in total. The van der Waals surface area contributed by atoms with Crippen LogP contribution in [0.2, 0.25) is 0 Å². The Morgan fingerprint density at radius 2 is 1.92 bits per heavy atom. The normalized spacial score (nSPS) is 13.4. The first-order valence-corrected chi connectivity index (χ1v) is 9.59. The van der Waals surface area contributed by atoms with Gasteiger partial charge in [-0.2, -0.15) is 5.10 Å². The summed E-state index contributed by atoms with van der Waals surface area (Å²) in [5.41, 5.74) is 3.80. The number of nitrogens with zero attached hydrogens (tertiary/aromatic N) is 2. The van der Waals surface area contributed by atoms with Crippen molar-refractivity contribution in [3.8, 4) is 0 Å². The maximum atomic E-state index is 12.8. The van der Waals surface area contributed by atoms with E-state index in [1.807, 2.05) is 46.0 Å². The van der Waals surface area contributed by atoms with E-state index in [2.05, 4.69) is 45.4 Å². The van der Waals surface area contributed by atoms with Crippen molar-refractivity contribution in [1.29, 1.82) is 0 Å². The minimum Gasteiger partial charge on any atom is -0.326 e. The number of quaternary nitrogens is 1. The topological polar surface area (TPSA) is 63.5 Å². The maximum absolute atomic E-state index is 12.8. The fourth-order valence-corrected chi connectivity index (χ4v) is 3.90. The number of rotatable bonds is 6. The molecule has 3 aromatic rings. The molecule has 0 radical (unpaired) electrons. The standard InChI is InChI=1S/C20H24N4OS/c1-13-18(15(3)24(4)23-13)22-20(25)14(2)21-19(17-11-8-12-26-17)16-9-6-5-7-10-16/h5-12,14,19,21H,1-4H3,(H,22,25)/p+1/t14-,19+/m1/s1. The lowest BCUT2D eigenvalue weighted by atomic mass is 10.0. The number of benzene rings is 1. The first-order valence-electron chi connectivity index (χ1n) is 8.71. The molecule has 2 atom stereocenters. The van der Waals surface area contributed by atoms with Crippen LogP contribution in [0.4, 0.5) is 5.69 Å². The average molecular weight is 370 g/mol. The molecule has 1 aromatic carbocycles. The van der Waals surface area contributed by atoms with Crippen LogP contribution in [-0.2, 0) is 11.8 Å². The van der Waals surface area contributed by atoms with Gasteiger partial charge in [-0.25, -0.2) is 0 Å². The zero-order valence-electron chi connectivity index (χ0n) is 15.6. The second-order valence-electron chi connectivity index (χ2n) is 6.54. The lowest BCUT2D eigenvalue weighted by Gasteiger charge is -2.19. The minimum absolute atomic E-state index is 0.0123. The molecule has 0 spiro atoms. The Labute approximate surface area is 158 Å². The Morgan fingerprint density at radius 1 is 1.19 bits per heavy atom. The summed E-state index contributed by atoms with van der Waals surface area (Å²) in [6.45, 7) is 5.82. The quantitative estimate of drug-likeness (QED) is 0.702. The summed E-state index contributed by atoms with van der Waals surface area (Å²) in [5, 5.41) is 11.6. The fourth-order valence-electron chi connectivity index (χ4n) is 3.07. The first kappa shape index (κ1) is 18.4. The van der Waals surface area contributed by atoms with Crippen molar-refractivity contribution >= 4 is 22.9 Å². The smallest absolute Gasteiger partial charge is 0.282 e. The van der Waals surface area contributed by atoms with Gasteiger partial charge in [0.1, 0.15) is 6.04 Å². The molecule has 0 unspecified atom stereocenters. The summed E-state index contributed by atoms with van der Waals surface area (Å²) in [6.07, 6.45) is 0. The molecule has 0 bridgehead atoms. The third kappa shape index (κ3) is 3.86. The number of nitrogens with one attached hydrogen (secondary N) is 1. The van der Waals surface area contributed by atoms with E-state index in [1.165, 1.54) is 10.4 Å². The lowest BCUT2D eigenvalue weighted by molar-refractivity contribution is -0.703. The van der Waals surface area contributed by atoms with Crippen LogP contribution in [0.3, 0.4) is 0 Å². The van der Waals surface area contributed by atoms with Gasteiger partial charge in [0.2, 0.25) is 0 Å². The largest absolute Gasteiger partial charge is 0.326 e. The van der Waals surface area contributed by atoms with E-state index in [0.29, 0.717) is 0 Å². The highest BCUT2D eigenvalue weighted by Gasteiger charge is 2.26. The molecule has 0 fully saturated rings. The summed E-state index contributed by atoms with van der Waals surface area (Å²) in [5.74, 6) is -0.0123. The van der Waals surface area contributed by atoms with Gasteiger partial charge in [-0.3, -0.25) is 9.48 Å². The summed E-state index contributed by atoms with van der Waals surface area (Å²) in [4.78, 5) is 14.0. The molecule has 0 aliphatic carbocycles. The van der Waals surface area contributed by atoms with Gasteiger partial charge in [-0.05, 0) is 32.2 Å². The highest BCUT2D eigenvalue weighted by Crippen LogP contribution is 2.23. The zero-order valence-corrected chi connectivity index (χ0v) is 16.4. The highest BCUT2D eigenvalue weighted by atomic mass is 32.1. The highest BCUT2D eigenvalue weighted by molar-refractivity contribution is 7.10. The predicted octanol–water partition coefficient (Wildman–Crippen LogP) is 2.78. The Kier molecular flexibility index (Phi) is 5.54. The summed E-state index contributed by atoms with van der Waals surface area (Å²) >= 11 is 1.72. The van der Waals surface area contributed by atoms with Crippen LogP contribution in [0.25, 0.3) is 0 Å². The van der Waals surface area contributed by atoms with E-state index < -0.39 is 0 Å². The maximum Gasteiger partial charge on any atom is 0.282 e. The van der Waals surface area contributed by atoms with Gasteiger partial charge in [-0.1, -0.05) is 36.4 Å². The SMILES string of the molecule is Cc1nn(C)c(C)c1NC(=O)[C@@H](C)[NH2+][C@@H](c1ccccc1)c1cccs1. The second kappa shape index (κ2) is 7.85. The van der Waals surface area contributed by atoms with Crippen molar-refractivity contribution in [2.75, 3.05) is 5.32 Å². The molecular weight excluding hydrogens is 344 g/mol. The molecule has 2 aromatic heterocycles. The molecular formula is C20H25N4OS+. The molecule has 0 aliphatic rings. The van der Waals surface area contributed by atoms with Gasteiger partial charge in [0, 0.05) is 12.6 Å². The molecule has 136 valence electrons. The van der Waals surface area contributed by atoms with Gasteiger partial charge in [0.05, 0.1) is 22.0 Å². The number of aromatic nitrogens is 2. The monoisotopic (exact) mass is 369 g/mol. The van der Waals surface area contributed by atoms with Crippen LogP contribution >= 0.6 is 11.3 Å². The third-order valence-corrected chi connectivity index (χ3v) is 5.62. The van der Waals surface area contributed by atoms with Gasteiger partial charge in [0.15, 0.2) is 6.04 Å². The van der Waals surface area contributed by atoms with E-state index in [1.54, 1.807) is 16.0 Å². The molecule has 2 heterocycles. The summed E-state index contributed by atoms with van der Waals surface area (Å²) in [7, 11) is 1.88. The Morgan fingerprint density at radius 3 is 2.50 bits per heavy atom. The van der Waals surface area contributed by atoms with Crippen LogP contribution in [0.15, 0.2) is 47.8 Å². The van der Waals surface area contributed by atoms with E-state index in [-0.39, 0.29) is 18.0 Å². The van der Waals surface area contributed by atoms with Gasteiger partial charge in [-0.15, -0.1) is 11.3 Å². The van der Waals surface area contributed by atoms with Crippen molar-refractivity contribution in [2.24, 2.45) is 7.05 Å². The average Bonchev–Trinajstić information content (AvgIpc) is 3.25. The van der Waals surface area contributed by atoms with Crippen molar-refractivity contribution < 1.29 is 10.1 Å².